The second kappa shape index (κ2) is 5.94. The molecule has 1 amide bonds. The van der Waals surface area contributed by atoms with Crippen LogP contribution in [-0.4, -0.2) is 18.3 Å². The Labute approximate surface area is 143 Å². The number of fused-ring (bicyclic) bond motifs is 1. The Morgan fingerprint density at radius 2 is 1.79 bits per heavy atom. The number of carbonyl (C=O) groups is 1. The molecule has 124 valence electrons. The number of aryl methyl sites for hydroxylation is 1. The second-order valence-corrected chi connectivity index (χ2v) is 7.51. The fourth-order valence-corrected chi connectivity index (χ4v) is 4.16. The van der Waals surface area contributed by atoms with E-state index in [4.69, 9.17) is 17.4 Å². The van der Waals surface area contributed by atoms with Gasteiger partial charge in [-0.25, -0.2) is 18.2 Å². The van der Waals surface area contributed by atoms with Gasteiger partial charge in [-0.1, -0.05) is 29.3 Å². The van der Waals surface area contributed by atoms with Crippen molar-refractivity contribution in [3.63, 3.8) is 0 Å². The van der Waals surface area contributed by atoms with Crippen LogP contribution in [0.4, 0.5) is 0 Å². The van der Waals surface area contributed by atoms with Crippen LogP contribution in [0.5, 0.6) is 0 Å². The molecule has 3 rings (SSSR count). The fourth-order valence-electron chi connectivity index (χ4n) is 2.47. The highest BCUT2D eigenvalue weighted by Crippen LogP contribution is 2.28. The summed E-state index contributed by atoms with van der Waals surface area (Å²) < 4.78 is 27.1. The molecule has 0 atom stereocenters. The lowest BCUT2D eigenvalue weighted by molar-refractivity contribution is 0.0948. The molecule has 0 radical (unpaired) electrons. The van der Waals surface area contributed by atoms with Gasteiger partial charge in [-0.3, -0.25) is 10.2 Å². The third-order valence-corrected chi connectivity index (χ3v) is 5.62. The first kappa shape index (κ1) is 16.5. The van der Waals surface area contributed by atoms with Crippen LogP contribution in [0.1, 0.15) is 16.1 Å². The van der Waals surface area contributed by atoms with Crippen molar-refractivity contribution in [1.82, 2.24) is 9.40 Å². The van der Waals surface area contributed by atoms with E-state index >= 15 is 0 Å². The minimum Gasteiger partial charge on any atom is -0.289 e. The molecule has 0 aliphatic carbocycles. The van der Waals surface area contributed by atoms with Crippen molar-refractivity contribution < 1.29 is 13.2 Å². The molecule has 0 unspecified atom stereocenters. The molecule has 6 nitrogen and oxygen atoms in total. The molecule has 24 heavy (non-hydrogen) atoms. The van der Waals surface area contributed by atoms with Crippen molar-refractivity contribution in [2.45, 2.75) is 11.8 Å². The monoisotopic (exact) mass is 363 g/mol. The summed E-state index contributed by atoms with van der Waals surface area (Å²) in [6.07, 6.45) is 0. The van der Waals surface area contributed by atoms with E-state index in [0.717, 1.165) is 9.54 Å². The summed E-state index contributed by atoms with van der Waals surface area (Å²) in [6, 6.07) is 12.5. The Balaban J connectivity index is 2.34. The number of halogens is 1. The number of aromatic nitrogens is 1. The van der Waals surface area contributed by atoms with Gasteiger partial charge in [-0.05, 0) is 43.3 Å². The first-order valence-corrected chi connectivity index (χ1v) is 8.80. The quantitative estimate of drug-likeness (QED) is 0.424. The first-order chi connectivity index (χ1) is 11.3. The zero-order valence-corrected chi connectivity index (χ0v) is 14.2. The third kappa shape index (κ3) is 2.66. The lowest BCUT2D eigenvalue weighted by Gasteiger charge is -2.11. The molecular weight excluding hydrogens is 350 g/mol. The van der Waals surface area contributed by atoms with Crippen molar-refractivity contribution in [2.24, 2.45) is 5.84 Å². The van der Waals surface area contributed by atoms with E-state index in [0.29, 0.717) is 15.9 Å². The molecule has 0 aliphatic rings. The number of carbonyl (C=O) groups excluding carboxylic acids is 1. The van der Waals surface area contributed by atoms with Crippen LogP contribution in [-0.2, 0) is 10.0 Å². The second-order valence-electron chi connectivity index (χ2n) is 5.29. The van der Waals surface area contributed by atoms with Crippen molar-refractivity contribution in [2.75, 3.05) is 0 Å². The van der Waals surface area contributed by atoms with Crippen LogP contribution >= 0.6 is 11.6 Å². The maximum atomic E-state index is 13.1. The smallest absolute Gasteiger partial charge is 0.282 e. The van der Waals surface area contributed by atoms with Gasteiger partial charge in [0.25, 0.3) is 15.9 Å². The van der Waals surface area contributed by atoms with Crippen molar-refractivity contribution in [3.05, 3.63) is 64.8 Å². The highest BCUT2D eigenvalue weighted by molar-refractivity contribution is 7.90. The first-order valence-electron chi connectivity index (χ1n) is 6.99. The summed E-state index contributed by atoms with van der Waals surface area (Å²) >= 11 is 5.96. The van der Waals surface area contributed by atoms with Crippen LogP contribution in [0.3, 0.4) is 0 Å². The van der Waals surface area contributed by atoms with E-state index in [1.807, 2.05) is 12.3 Å². The number of nitrogen functional groups attached to an aromatic ring is 1. The number of hydrazine groups is 1. The SMILES string of the molecule is Cc1ccc(S(=O)(=O)n2c(C(=O)NN)cc3cc(Cl)ccc32)cc1. The maximum Gasteiger partial charge on any atom is 0.282 e. The van der Waals surface area contributed by atoms with E-state index in [1.165, 1.54) is 18.2 Å². The molecule has 1 heterocycles. The Morgan fingerprint density at radius 1 is 1.12 bits per heavy atom. The minimum absolute atomic E-state index is 0.0756. The summed E-state index contributed by atoms with van der Waals surface area (Å²) in [7, 11) is -3.98. The van der Waals surface area contributed by atoms with E-state index < -0.39 is 15.9 Å². The normalized spacial score (nSPS) is 11.6. The van der Waals surface area contributed by atoms with Crippen LogP contribution in [0, 0.1) is 6.92 Å². The number of benzene rings is 2. The van der Waals surface area contributed by atoms with E-state index in [9.17, 15) is 13.2 Å². The number of rotatable bonds is 3. The number of nitrogens with one attached hydrogen (secondary N) is 1. The number of hydrogen-bond acceptors (Lipinski definition) is 4. The summed E-state index contributed by atoms with van der Waals surface area (Å²) in [5.41, 5.74) is 3.16. The molecule has 2 aromatic carbocycles. The molecule has 0 spiro atoms. The lowest BCUT2D eigenvalue weighted by atomic mass is 10.2. The van der Waals surface area contributed by atoms with Crippen LogP contribution in [0.25, 0.3) is 10.9 Å². The molecule has 0 aliphatic heterocycles. The Hall–Kier alpha value is -2.35. The number of amides is 1. The Morgan fingerprint density at radius 3 is 2.42 bits per heavy atom. The Bertz CT molecular complexity index is 1040. The van der Waals surface area contributed by atoms with E-state index in [2.05, 4.69) is 0 Å². The molecule has 0 fully saturated rings. The average Bonchev–Trinajstić information content (AvgIpc) is 2.93. The molecule has 0 saturated heterocycles. The van der Waals surface area contributed by atoms with Gasteiger partial charge in [0.2, 0.25) is 0 Å². The van der Waals surface area contributed by atoms with Crippen molar-refractivity contribution in [1.29, 1.82) is 0 Å². The molecule has 3 aromatic rings. The van der Waals surface area contributed by atoms with Gasteiger partial charge in [0.1, 0.15) is 5.69 Å². The summed E-state index contributed by atoms with van der Waals surface area (Å²) in [6.45, 7) is 1.86. The van der Waals surface area contributed by atoms with E-state index in [1.54, 1.807) is 30.3 Å². The summed E-state index contributed by atoms with van der Waals surface area (Å²) in [4.78, 5) is 12.1. The largest absolute Gasteiger partial charge is 0.289 e. The van der Waals surface area contributed by atoms with Gasteiger partial charge < -0.3 is 0 Å². The fraction of sp³-hybridized carbons (Fsp3) is 0.0625. The van der Waals surface area contributed by atoms with Gasteiger partial charge in [0.15, 0.2) is 0 Å². The highest BCUT2D eigenvalue weighted by Gasteiger charge is 2.26. The number of hydrogen-bond donors (Lipinski definition) is 2. The van der Waals surface area contributed by atoms with Gasteiger partial charge in [-0.2, -0.15) is 0 Å². The van der Waals surface area contributed by atoms with Crippen LogP contribution in [0.2, 0.25) is 5.02 Å². The molecule has 0 bridgehead atoms. The molecule has 1 aromatic heterocycles. The summed E-state index contributed by atoms with van der Waals surface area (Å²) in [5.74, 6) is 4.48. The van der Waals surface area contributed by atoms with Gasteiger partial charge in [-0.15, -0.1) is 0 Å². The standard InChI is InChI=1S/C16H14ClN3O3S/c1-10-2-5-13(6-3-10)24(22,23)20-14-7-4-12(17)8-11(14)9-15(20)16(21)19-18/h2-9H,18H2,1H3,(H,19,21). The zero-order valence-electron chi connectivity index (χ0n) is 12.7. The molecule has 8 heteroatoms. The number of nitrogens with two attached hydrogens (primary N) is 1. The van der Waals surface area contributed by atoms with Crippen LogP contribution in [0.15, 0.2) is 53.4 Å². The van der Waals surface area contributed by atoms with Gasteiger partial charge in [0.05, 0.1) is 10.4 Å². The topological polar surface area (TPSA) is 94.2 Å². The Kier molecular flexibility index (Phi) is 4.08. The molecule has 0 saturated carbocycles. The third-order valence-electron chi connectivity index (χ3n) is 3.64. The minimum atomic E-state index is -3.98. The van der Waals surface area contributed by atoms with Crippen molar-refractivity contribution in [3.8, 4) is 0 Å². The summed E-state index contributed by atoms with van der Waals surface area (Å²) in [5, 5.41) is 0.962. The molecule has 3 N–H and O–H groups in total. The highest BCUT2D eigenvalue weighted by atomic mass is 35.5. The van der Waals surface area contributed by atoms with Crippen molar-refractivity contribution >= 4 is 38.4 Å². The van der Waals surface area contributed by atoms with Crippen LogP contribution < -0.4 is 11.3 Å². The molecular formula is C16H14ClN3O3S. The van der Waals surface area contributed by atoms with E-state index in [-0.39, 0.29) is 10.6 Å². The number of nitrogens with zero attached hydrogens (tertiary/aromatic N) is 1. The lowest BCUT2D eigenvalue weighted by Crippen LogP contribution is -2.33. The zero-order chi connectivity index (χ0) is 17.5. The average molecular weight is 364 g/mol. The van der Waals surface area contributed by atoms with Gasteiger partial charge in [0, 0.05) is 10.4 Å². The maximum absolute atomic E-state index is 13.1. The predicted molar refractivity (Wildman–Crippen MR) is 92.4 cm³/mol. The predicted octanol–water partition coefficient (Wildman–Crippen LogP) is 2.44. The van der Waals surface area contributed by atoms with Gasteiger partial charge >= 0.3 is 0 Å².